The predicted octanol–water partition coefficient (Wildman–Crippen LogP) is 1.64. The number of carbonyl (C=O) groups excluding carboxylic acids is 1. The fourth-order valence-electron chi connectivity index (χ4n) is 2.53. The highest BCUT2D eigenvalue weighted by Crippen LogP contribution is 2.29. The summed E-state index contributed by atoms with van der Waals surface area (Å²) in [6.45, 7) is 2.64. The molecular formula is C13H22N4O. The van der Waals surface area contributed by atoms with Crippen LogP contribution in [0.25, 0.3) is 0 Å². The standard InChI is InChI=1S/C13H22N4O/c1-9-3-5-10(6-4-9)13(18)15-12-11(7-14)8-17(2)16-12/h8-10H,3-7,14H2,1-2H3,(H,15,16,18). The summed E-state index contributed by atoms with van der Waals surface area (Å²) in [6, 6.07) is 0. The van der Waals surface area contributed by atoms with Gasteiger partial charge in [-0.3, -0.25) is 9.48 Å². The lowest BCUT2D eigenvalue weighted by molar-refractivity contribution is -0.121. The van der Waals surface area contributed by atoms with E-state index in [0.29, 0.717) is 12.4 Å². The monoisotopic (exact) mass is 250 g/mol. The van der Waals surface area contributed by atoms with Crippen LogP contribution < -0.4 is 11.1 Å². The number of nitrogens with two attached hydrogens (primary N) is 1. The third-order valence-electron chi connectivity index (χ3n) is 3.75. The summed E-state index contributed by atoms with van der Waals surface area (Å²) in [4.78, 5) is 12.2. The summed E-state index contributed by atoms with van der Waals surface area (Å²) in [6.07, 6.45) is 6.10. The molecule has 1 saturated carbocycles. The highest BCUT2D eigenvalue weighted by molar-refractivity contribution is 5.92. The highest BCUT2D eigenvalue weighted by Gasteiger charge is 2.25. The number of amides is 1. The maximum atomic E-state index is 12.2. The van der Waals surface area contributed by atoms with Gasteiger partial charge in [0.05, 0.1) is 0 Å². The molecular weight excluding hydrogens is 228 g/mol. The van der Waals surface area contributed by atoms with Crippen LogP contribution in [-0.4, -0.2) is 15.7 Å². The number of nitrogens with one attached hydrogen (secondary N) is 1. The summed E-state index contributed by atoms with van der Waals surface area (Å²) in [5, 5.41) is 7.15. The van der Waals surface area contributed by atoms with Gasteiger partial charge in [0.1, 0.15) is 0 Å². The van der Waals surface area contributed by atoms with E-state index < -0.39 is 0 Å². The summed E-state index contributed by atoms with van der Waals surface area (Å²) in [5.41, 5.74) is 6.52. The van der Waals surface area contributed by atoms with E-state index in [4.69, 9.17) is 5.73 Å². The summed E-state index contributed by atoms with van der Waals surface area (Å²) >= 11 is 0. The summed E-state index contributed by atoms with van der Waals surface area (Å²) in [5.74, 6) is 1.59. The Kier molecular flexibility index (Phi) is 4.01. The Morgan fingerprint density at radius 2 is 2.17 bits per heavy atom. The molecule has 0 bridgehead atoms. The fraction of sp³-hybridized carbons (Fsp3) is 0.692. The zero-order valence-corrected chi connectivity index (χ0v) is 11.1. The Balaban J connectivity index is 1.98. The summed E-state index contributed by atoms with van der Waals surface area (Å²) < 4.78 is 1.68. The topological polar surface area (TPSA) is 72.9 Å². The second-order valence-electron chi connectivity index (χ2n) is 5.33. The highest BCUT2D eigenvalue weighted by atomic mass is 16.2. The van der Waals surface area contributed by atoms with Crippen LogP contribution in [0.3, 0.4) is 0 Å². The van der Waals surface area contributed by atoms with Crippen LogP contribution in [0, 0.1) is 11.8 Å². The second-order valence-corrected chi connectivity index (χ2v) is 5.33. The molecule has 0 radical (unpaired) electrons. The average Bonchev–Trinajstić information content (AvgIpc) is 2.70. The second kappa shape index (κ2) is 5.52. The van der Waals surface area contributed by atoms with Gasteiger partial charge in [0.25, 0.3) is 0 Å². The predicted molar refractivity (Wildman–Crippen MR) is 70.9 cm³/mol. The van der Waals surface area contributed by atoms with Crippen LogP contribution in [0.15, 0.2) is 6.20 Å². The molecule has 1 aliphatic rings. The number of hydrogen-bond donors (Lipinski definition) is 2. The van der Waals surface area contributed by atoms with Gasteiger partial charge in [-0.25, -0.2) is 0 Å². The van der Waals surface area contributed by atoms with Crippen molar-refractivity contribution in [3.63, 3.8) is 0 Å². The van der Waals surface area contributed by atoms with Crippen molar-refractivity contribution in [2.75, 3.05) is 5.32 Å². The lowest BCUT2D eigenvalue weighted by atomic mass is 9.82. The van der Waals surface area contributed by atoms with Crippen LogP contribution in [-0.2, 0) is 18.4 Å². The maximum Gasteiger partial charge on any atom is 0.228 e. The minimum atomic E-state index is 0.0929. The largest absolute Gasteiger partial charge is 0.326 e. The van der Waals surface area contributed by atoms with Crippen molar-refractivity contribution >= 4 is 11.7 Å². The van der Waals surface area contributed by atoms with Gasteiger partial charge in [0.15, 0.2) is 5.82 Å². The van der Waals surface area contributed by atoms with Crippen molar-refractivity contribution in [2.45, 2.75) is 39.2 Å². The Hall–Kier alpha value is -1.36. The molecule has 18 heavy (non-hydrogen) atoms. The molecule has 1 amide bonds. The first kappa shape index (κ1) is 13.1. The van der Waals surface area contributed by atoms with E-state index in [-0.39, 0.29) is 11.8 Å². The molecule has 3 N–H and O–H groups in total. The molecule has 1 aromatic rings. The van der Waals surface area contributed by atoms with Crippen molar-refractivity contribution in [2.24, 2.45) is 24.6 Å². The Morgan fingerprint density at radius 1 is 1.50 bits per heavy atom. The Labute approximate surface area is 108 Å². The van der Waals surface area contributed by atoms with Gasteiger partial charge < -0.3 is 11.1 Å². The molecule has 2 rings (SSSR count). The number of hydrogen-bond acceptors (Lipinski definition) is 3. The van der Waals surface area contributed by atoms with E-state index in [9.17, 15) is 4.79 Å². The number of nitrogens with zero attached hydrogens (tertiary/aromatic N) is 2. The summed E-state index contributed by atoms with van der Waals surface area (Å²) in [7, 11) is 1.83. The van der Waals surface area contributed by atoms with Crippen molar-refractivity contribution in [1.82, 2.24) is 9.78 Å². The molecule has 100 valence electrons. The van der Waals surface area contributed by atoms with E-state index in [1.807, 2.05) is 13.2 Å². The number of rotatable bonds is 3. The molecule has 5 nitrogen and oxygen atoms in total. The van der Waals surface area contributed by atoms with Gasteiger partial charge in [-0.05, 0) is 31.6 Å². The minimum Gasteiger partial charge on any atom is -0.326 e. The molecule has 1 aliphatic carbocycles. The first-order valence-corrected chi connectivity index (χ1v) is 6.63. The van der Waals surface area contributed by atoms with Crippen LogP contribution in [0.2, 0.25) is 0 Å². The lowest BCUT2D eigenvalue weighted by Gasteiger charge is -2.24. The molecule has 0 aliphatic heterocycles. The SMILES string of the molecule is CC1CCC(C(=O)Nc2nn(C)cc2CN)CC1. The number of anilines is 1. The number of aromatic nitrogens is 2. The van der Waals surface area contributed by atoms with Gasteiger partial charge in [-0.15, -0.1) is 0 Å². The molecule has 0 aromatic carbocycles. The molecule has 0 atom stereocenters. The zero-order chi connectivity index (χ0) is 13.1. The smallest absolute Gasteiger partial charge is 0.228 e. The molecule has 5 heteroatoms. The van der Waals surface area contributed by atoms with E-state index in [1.165, 1.54) is 0 Å². The molecule has 0 saturated heterocycles. The Bertz CT molecular complexity index is 419. The van der Waals surface area contributed by atoms with Crippen LogP contribution in [0.5, 0.6) is 0 Å². The van der Waals surface area contributed by atoms with Crippen molar-refractivity contribution in [1.29, 1.82) is 0 Å². The first-order chi connectivity index (χ1) is 8.60. The van der Waals surface area contributed by atoms with Crippen molar-refractivity contribution in [3.05, 3.63) is 11.8 Å². The van der Waals surface area contributed by atoms with Gasteiger partial charge in [-0.2, -0.15) is 5.10 Å². The van der Waals surface area contributed by atoms with Gasteiger partial charge in [0, 0.05) is 31.3 Å². The van der Waals surface area contributed by atoms with E-state index in [0.717, 1.165) is 37.2 Å². The van der Waals surface area contributed by atoms with E-state index >= 15 is 0 Å². The van der Waals surface area contributed by atoms with Crippen LogP contribution in [0.1, 0.15) is 38.2 Å². The normalized spacial score (nSPS) is 23.9. The first-order valence-electron chi connectivity index (χ1n) is 6.63. The van der Waals surface area contributed by atoms with E-state index in [2.05, 4.69) is 17.3 Å². The zero-order valence-electron chi connectivity index (χ0n) is 11.1. The molecule has 1 heterocycles. The average molecular weight is 250 g/mol. The minimum absolute atomic E-state index is 0.0929. The van der Waals surface area contributed by atoms with E-state index in [1.54, 1.807) is 4.68 Å². The fourth-order valence-corrected chi connectivity index (χ4v) is 2.53. The van der Waals surface area contributed by atoms with Crippen molar-refractivity contribution < 1.29 is 4.79 Å². The number of aryl methyl sites for hydroxylation is 1. The van der Waals surface area contributed by atoms with Crippen LogP contribution >= 0.6 is 0 Å². The van der Waals surface area contributed by atoms with Crippen LogP contribution in [0.4, 0.5) is 5.82 Å². The third kappa shape index (κ3) is 2.90. The Morgan fingerprint density at radius 3 is 2.78 bits per heavy atom. The molecule has 1 fully saturated rings. The quantitative estimate of drug-likeness (QED) is 0.856. The molecule has 0 spiro atoms. The molecule has 0 unspecified atom stereocenters. The van der Waals surface area contributed by atoms with Crippen molar-refractivity contribution in [3.8, 4) is 0 Å². The van der Waals surface area contributed by atoms with Gasteiger partial charge in [-0.1, -0.05) is 6.92 Å². The maximum absolute atomic E-state index is 12.2. The lowest BCUT2D eigenvalue weighted by Crippen LogP contribution is -2.27. The van der Waals surface area contributed by atoms with Gasteiger partial charge >= 0.3 is 0 Å². The molecule has 1 aromatic heterocycles. The van der Waals surface area contributed by atoms with Gasteiger partial charge in [0.2, 0.25) is 5.91 Å². The number of carbonyl (C=O) groups is 1. The third-order valence-corrected chi connectivity index (χ3v) is 3.75.